The van der Waals surface area contributed by atoms with Crippen molar-refractivity contribution >= 4 is 0 Å². The predicted molar refractivity (Wildman–Crippen MR) is 131 cm³/mol. The maximum atomic E-state index is 10.8. The number of aliphatic hydroxyl groups is 1. The van der Waals surface area contributed by atoms with Crippen molar-refractivity contribution in [3.05, 3.63) is 12.2 Å². The van der Waals surface area contributed by atoms with E-state index in [1.165, 1.54) is 57.8 Å². The molecule has 5 saturated carbocycles. The van der Waals surface area contributed by atoms with Crippen LogP contribution < -0.4 is 0 Å². The lowest BCUT2D eigenvalue weighted by molar-refractivity contribution is -0.161. The third-order valence-corrected chi connectivity index (χ3v) is 12.9. The second-order valence-electron chi connectivity index (χ2n) is 14.4. The minimum absolute atomic E-state index is 0.0858. The van der Waals surface area contributed by atoms with Crippen molar-refractivity contribution in [2.75, 3.05) is 0 Å². The topological polar surface area (TPSA) is 20.2 Å². The lowest BCUT2D eigenvalue weighted by Gasteiger charge is -2.63. The fourth-order valence-electron chi connectivity index (χ4n) is 11.0. The monoisotopic (exact) mass is 426 g/mol. The van der Waals surface area contributed by atoms with Gasteiger partial charge in [-0.2, -0.15) is 0 Å². The Hall–Kier alpha value is -0.300. The number of rotatable bonds is 4. The van der Waals surface area contributed by atoms with Crippen molar-refractivity contribution in [1.29, 1.82) is 0 Å². The number of fused-ring (bicyclic) bond motifs is 2. The molecular formula is C30H50O. The standard InChI is InChI=1S/C30H50O/c1-20(2)9-8-10-21(3)22-13-15-28(7)24-12-11-23-26(4,5)25(31)14-16-29(23)19-30(24,29)18-17-27(22,28)6/h8-9,20-25,31H,10-19H2,1-7H3/b9-8+/t21-,22-,23?,24?,25+,27-,28+,29?,30?/m1/s1. The third kappa shape index (κ3) is 2.71. The predicted octanol–water partition coefficient (Wildman–Crippen LogP) is 8.02. The van der Waals surface area contributed by atoms with Gasteiger partial charge in [0.2, 0.25) is 0 Å². The lowest BCUT2D eigenvalue weighted by atomic mass is 9.42. The van der Waals surface area contributed by atoms with Crippen LogP contribution in [0.5, 0.6) is 0 Å². The molecule has 0 aromatic rings. The lowest BCUT2D eigenvalue weighted by Crippen LogP contribution is -2.57. The van der Waals surface area contributed by atoms with Crippen molar-refractivity contribution in [3.63, 3.8) is 0 Å². The molecule has 176 valence electrons. The molecule has 5 rings (SSSR count). The second-order valence-corrected chi connectivity index (χ2v) is 14.4. The molecule has 9 atom stereocenters. The number of hydrogen-bond donors (Lipinski definition) is 1. The van der Waals surface area contributed by atoms with E-state index < -0.39 is 0 Å². The normalized spacial score (nSPS) is 53.6. The second kappa shape index (κ2) is 6.86. The van der Waals surface area contributed by atoms with Gasteiger partial charge in [-0.15, -0.1) is 0 Å². The fourth-order valence-corrected chi connectivity index (χ4v) is 11.0. The maximum absolute atomic E-state index is 10.8. The van der Waals surface area contributed by atoms with E-state index in [0.29, 0.717) is 27.6 Å². The maximum Gasteiger partial charge on any atom is 0.0594 e. The summed E-state index contributed by atoms with van der Waals surface area (Å²) in [5.74, 6) is 4.06. The van der Waals surface area contributed by atoms with Crippen molar-refractivity contribution in [2.45, 2.75) is 119 Å². The molecule has 31 heavy (non-hydrogen) atoms. The summed E-state index contributed by atoms with van der Waals surface area (Å²) < 4.78 is 0. The zero-order valence-corrected chi connectivity index (χ0v) is 21.6. The first kappa shape index (κ1) is 22.5. The Labute approximate surface area is 192 Å². The van der Waals surface area contributed by atoms with Gasteiger partial charge in [-0.05, 0) is 121 Å². The van der Waals surface area contributed by atoms with Crippen LogP contribution in [0.25, 0.3) is 0 Å². The Morgan fingerprint density at radius 3 is 2.19 bits per heavy atom. The van der Waals surface area contributed by atoms with Crippen LogP contribution in [0.3, 0.4) is 0 Å². The van der Waals surface area contributed by atoms with E-state index >= 15 is 0 Å². The van der Waals surface area contributed by atoms with Gasteiger partial charge in [0.05, 0.1) is 6.10 Å². The first-order valence-corrected chi connectivity index (χ1v) is 13.8. The summed E-state index contributed by atoms with van der Waals surface area (Å²) in [7, 11) is 0. The van der Waals surface area contributed by atoms with Gasteiger partial charge >= 0.3 is 0 Å². The molecule has 0 aliphatic heterocycles. The molecule has 5 aliphatic rings. The molecule has 0 saturated heterocycles. The van der Waals surface area contributed by atoms with Gasteiger partial charge in [0, 0.05) is 0 Å². The van der Waals surface area contributed by atoms with Crippen molar-refractivity contribution in [1.82, 2.24) is 0 Å². The molecule has 1 N–H and O–H groups in total. The van der Waals surface area contributed by atoms with Crippen LogP contribution in [0.2, 0.25) is 0 Å². The first-order chi connectivity index (χ1) is 14.4. The summed E-state index contributed by atoms with van der Waals surface area (Å²) in [5, 5.41) is 10.8. The molecule has 5 fully saturated rings. The summed E-state index contributed by atoms with van der Waals surface area (Å²) in [4.78, 5) is 0. The van der Waals surface area contributed by atoms with Crippen LogP contribution in [0.4, 0.5) is 0 Å². The highest BCUT2D eigenvalue weighted by Gasteiger charge is 2.82. The zero-order valence-electron chi connectivity index (χ0n) is 21.6. The van der Waals surface area contributed by atoms with E-state index in [1.807, 2.05) is 0 Å². The third-order valence-electron chi connectivity index (χ3n) is 12.9. The summed E-state index contributed by atoms with van der Waals surface area (Å²) in [6.45, 7) is 17.4. The van der Waals surface area contributed by atoms with Crippen LogP contribution in [0, 0.1) is 56.7 Å². The average Bonchev–Trinajstić information content (AvgIpc) is 3.27. The van der Waals surface area contributed by atoms with Crippen molar-refractivity contribution in [2.24, 2.45) is 56.7 Å². The molecule has 0 heterocycles. The van der Waals surface area contributed by atoms with Gasteiger partial charge in [-0.25, -0.2) is 0 Å². The smallest absolute Gasteiger partial charge is 0.0594 e. The van der Waals surface area contributed by atoms with Crippen LogP contribution in [-0.2, 0) is 0 Å². The summed E-state index contributed by atoms with van der Waals surface area (Å²) in [5.41, 5.74) is 2.36. The molecule has 0 amide bonds. The van der Waals surface area contributed by atoms with E-state index in [4.69, 9.17) is 0 Å². The molecule has 1 heteroatoms. The molecule has 0 aromatic carbocycles. The summed E-state index contributed by atoms with van der Waals surface area (Å²) in [6.07, 6.45) is 18.6. The highest BCUT2D eigenvalue weighted by molar-refractivity contribution is 5.30. The van der Waals surface area contributed by atoms with E-state index in [2.05, 4.69) is 60.6 Å². The summed E-state index contributed by atoms with van der Waals surface area (Å²) in [6, 6.07) is 0. The highest BCUT2D eigenvalue weighted by Crippen LogP contribution is 2.89. The zero-order chi connectivity index (χ0) is 22.4. The first-order valence-electron chi connectivity index (χ1n) is 13.8. The molecule has 0 radical (unpaired) electrons. The number of aliphatic hydroxyl groups excluding tert-OH is 1. The van der Waals surface area contributed by atoms with E-state index in [1.54, 1.807) is 0 Å². The van der Waals surface area contributed by atoms with Gasteiger partial charge < -0.3 is 5.11 Å². The van der Waals surface area contributed by atoms with Gasteiger partial charge in [0.15, 0.2) is 0 Å². The molecular weight excluding hydrogens is 376 g/mol. The van der Waals surface area contributed by atoms with Crippen LogP contribution in [-0.4, -0.2) is 11.2 Å². The molecule has 5 aliphatic carbocycles. The van der Waals surface area contributed by atoms with E-state index in [9.17, 15) is 5.11 Å². The minimum Gasteiger partial charge on any atom is -0.393 e. The Balaban J connectivity index is 1.41. The molecule has 0 bridgehead atoms. The highest BCUT2D eigenvalue weighted by atomic mass is 16.3. The van der Waals surface area contributed by atoms with Gasteiger partial charge in [0.1, 0.15) is 0 Å². The fraction of sp³-hybridized carbons (Fsp3) is 0.933. The largest absolute Gasteiger partial charge is 0.393 e. The Kier molecular flexibility index (Phi) is 4.98. The van der Waals surface area contributed by atoms with Crippen LogP contribution >= 0.6 is 0 Å². The van der Waals surface area contributed by atoms with E-state index in [-0.39, 0.29) is 11.5 Å². The number of hydrogen-bond acceptors (Lipinski definition) is 1. The van der Waals surface area contributed by atoms with Gasteiger partial charge in [-0.3, -0.25) is 0 Å². The molecule has 0 aromatic heterocycles. The quantitative estimate of drug-likeness (QED) is 0.451. The van der Waals surface area contributed by atoms with Crippen molar-refractivity contribution < 1.29 is 5.11 Å². The average molecular weight is 427 g/mol. The van der Waals surface area contributed by atoms with Crippen molar-refractivity contribution in [3.8, 4) is 0 Å². The Bertz CT molecular complexity index is 750. The minimum atomic E-state index is -0.0858. The number of allylic oxidation sites excluding steroid dienone is 2. The van der Waals surface area contributed by atoms with E-state index in [0.717, 1.165) is 30.1 Å². The van der Waals surface area contributed by atoms with Gasteiger partial charge in [0.25, 0.3) is 0 Å². The Morgan fingerprint density at radius 2 is 1.48 bits per heavy atom. The molecule has 2 spiro atoms. The molecule has 4 unspecified atom stereocenters. The Morgan fingerprint density at radius 1 is 0.806 bits per heavy atom. The van der Waals surface area contributed by atoms with Crippen LogP contribution in [0.1, 0.15) is 113 Å². The van der Waals surface area contributed by atoms with Gasteiger partial charge in [-0.1, -0.05) is 60.6 Å². The summed E-state index contributed by atoms with van der Waals surface area (Å²) >= 11 is 0. The SMILES string of the molecule is CC(C)/C=C/C[C@@H](C)[C@H]1CC[C@@]2(C)C3CCC4C(C)(C)[C@@H](O)CCC45CC35CC[C@]12C. The van der Waals surface area contributed by atoms with Crippen LogP contribution in [0.15, 0.2) is 12.2 Å². The molecule has 1 nitrogen and oxygen atoms in total.